The molecule has 3 heterocycles. The lowest BCUT2D eigenvalue weighted by Gasteiger charge is -2.41. The van der Waals surface area contributed by atoms with Crippen LogP contribution in [0.15, 0.2) is 40.9 Å². The summed E-state index contributed by atoms with van der Waals surface area (Å²) >= 11 is 0. The van der Waals surface area contributed by atoms with Gasteiger partial charge in [-0.3, -0.25) is 9.69 Å². The molecule has 33 heavy (non-hydrogen) atoms. The number of aromatic nitrogens is 1. The van der Waals surface area contributed by atoms with E-state index in [-0.39, 0.29) is 18.1 Å². The molecule has 2 aromatic rings. The summed E-state index contributed by atoms with van der Waals surface area (Å²) in [6, 6.07) is 10.6. The molecule has 0 saturated carbocycles. The van der Waals surface area contributed by atoms with E-state index in [0.717, 1.165) is 5.56 Å². The average molecular weight is 478 g/mol. The number of hydrogen-bond donors (Lipinski definition) is 1. The first-order valence-electron chi connectivity index (χ1n) is 11.2. The Morgan fingerprint density at radius 2 is 1.70 bits per heavy atom. The van der Waals surface area contributed by atoms with Gasteiger partial charge in [-0.1, -0.05) is 35.5 Å². The quantitative estimate of drug-likeness (QED) is 0.674. The standard InChI is InChI=1S/C22H31N5O5S/c1-16-13-20(24-32-16)23-22(28)21(19-7-5-4-6-8-19)25-9-11-26(12-10-25)33(29,30)27-14-17(2)31-18(3)15-27/h4-8,13,17-18,21H,9-12,14-15H2,1-3H3,(H,23,24,28)/t17-,18+,21-/m0/s1. The molecule has 2 aliphatic rings. The molecule has 1 amide bonds. The summed E-state index contributed by atoms with van der Waals surface area (Å²) in [4.78, 5) is 15.2. The fourth-order valence-electron chi connectivity index (χ4n) is 4.46. The van der Waals surface area contributed by atoms with E-state index >= 15 is 0 Å². The van der Waals surface area contributed by atoms with E-state index in [2.05, 4.69) is 10.5 Å². The van der Waals surface area contributed by atoms with Crippen LogP contribution in [0.5, 0.6) is 0 Å². The predicted octanol–water partition coefficient (Wildman–Crippen LogP) is 1.63. The van der Waals surface area contributed by atoms with Crippen molar-refractivity contribution >= 4 is 21.9 Å². The Morgan fingerprint density at radius 1 is 1.06 bits per heavy atom. The fraction of sp³-hybridized carbons (Fsp3) is 0.545. The minimum Gasteiger partial charge on any atom is -0.373 e. The van der Waals surface area contributed by atoms with Crippen LogP contribution in [-0.4, -0.2) is 84.5 Å². The van der Waals surface area contributed by atoms with Crippen LogP contribution < -0.4 is 5.32 Å². The zero-order valence-corrected chi connectivity index (χ0v) is 20.0. The first kappa shape index (κ1) is 23.8. The summed E-state index contributed by atoms with van der Waals surface area (Å²) in [7, 11) is -3.59. The molecule has 0 radical (unpaired) electrons. The molecule has 0 unspecified atom stereocenters. The first-order valence-corrected chi connectivity index (χ1v) is 12.6. The Hall–Kier alpha value is -2.31. The minimum atomic E-state index is -3.59. The van der Waals surface area contributed by atoms with Gasteiger partial charge < -0.3 is 14.6 Å². The molecular weight excluding hydrogens is 446 g/mol. The highest BCUT2D eigenvalue weighted by atomic mass is 32.2. The molecule has 11 heteroatoms. The predicted molar refractivity (Wildman–Crippen MR) is 123 cm³/mol. The lowest BCUT2D eigenvalue weighted by Crippen LogP contribution is -2.58. The van der Waals surface area contributed by atoms with Gasteiger partial charge in [0.15, 0.2) is 5.82 Å². The molecule has 10 nitrogen and oxygen atoms in total. The highest BCUT2D eigenvalue weighted by Gasteiger charge is 2.39. The van der Waals surface area contributed by atoms with Crippen LogP contribution >= 0.6 is 0 Å². The molecule has 2 aliphatic heterocycles. The van der Waals surface area contributed by atoms with Crippen LogP contribution in [0.4, 0.5) is 5.82 Å². The number of amides is 1. The monoisotopic (exact) mass is 477 g/mol. The molecule has 0 spiro atoms. The van der Waals surface area contributed by atoms with E-state index in [1.165, 1.54) is 8.61 Å². The maximum atomic E-state index is 13.2. The summed E-state index contributed by atoms with van der Waals surface area (Å²) in [6.07, 6.45) is -0.285. The third-order valence-electron chi connectivity index (χ3n) is 5.92. The summed E-state index contributed by atoms with van der Waals surface area (Å²) < 4.78 is 40.2. The van der Waals surface area contributed by atoms with E-state index in [0.29, 0.717) is 50.8 Å². The van der Waals surface area contributed by atoms with Crippen molar-refractivity contribution in [1.82, 2.24) is 18.7 Å². The van der Waals surface area contributed by atoms with Gasteiger partial charge in [-0.05, 0) is 26.3 Å². The zero-order valence-electron chi connectivity index (χ0n) is 19.2. The summed E-state index contributed by atoms with van der Waals surface area (Å²) in [6.45, 7) is 7.69. The minimum absolute atomic E-state index is 0.142. The maximum Gasteiger partial charge on any atom is 0.282 e. The number of ether oxygens (including phenoxy) is 1. The molecule has 1 N–H and O–H groups in total. The van der Waals surface area contributed by atoms with E-state index < -0.39 is 16.3 Å². The number of hydrogen-bond acceptors (Lipinski definition) is 7. The molecule has 2 fully saturated rings. The van der Waals surface area contributed by atoms with Gasteiger partial charge in [-0.15, -0.1) is 0 Å². The van der Waals surface area contributed by atoms with Gasteiger partial charge in [0.1, 0.15) is 11.8 Å². The molecule has 3 atom stereocenters. The average Bonchev–Trinajstić information content (AvgIpc) is 3.19. The molecule has 0 bridgehead atoms. The van der Waals surface area contributed by atoms with Gasteiger partial charge in [-0.2, -0.15) is 17.0 Å². The summed E-state index contributed by atoms with van der Waals surface area (Å²) in [5.74, 6) is 0.726. The van der Waals surface area contributed by atoms with Gasteiger partial charge in [0.05, 0.1) is 12.2 Å². The Kier molecular flexibility index (Phi) is 7.15. The lowest BCUT2D eigenvalue weighted by molar-refractivity contribution is -0.122. The molecular formula is C22H31N5O5S. The van der Waals surface area contributed by atoms with Gasteiger partial charge in [0.25, 0.3) is 10.2 Å². The van der Waals surface area contributed by atoms with Crippen molar-refractivity contribution < 1.29 is 22.5 Å². The Morgan fingerprint density at radius 3 is 2.27 bits per heavy atom. The number of nitrogens with one attached hydrogen (secondary N) is 1. The van der Waals surface area contributed by atoms with Gasteiger partial charge in [-0.25, -0.2) is 0 Å². The number of aryl methyl sites for hydroxylation is 1. The second-order valence-electron chi connectivity index (χ2n) is 8.64. The lowest BCUT2D eigenvalue weighted by atomic mass is 10.0. The summed E-state index contributed by atoms with van der Waals surface area (Å²) in [5.41, 5.74) is 0.836. The van der Waals surface area contributed by atoms with Crippen molar-refractivity contribution in [1.29, 1.82) is 0 Å². The molecule has 1 aromatic heterocycles. The smallest absolute Gasteiger partial charge is 0.282 e. The maximum absolute atomic E-state index is 13.2. The van der Waals surface area contributed by atoms with Gasteiger partial charge in [0, 0.05) is 45.3 Å². The number of carbonyl (C=O) groups excluding carboxylic acids is 1. The molecule has 180 valence electrons. The number of carbonyl (C=O) groups is 1. The van der Waals surface area contributed by atoms with E-state index in [1.807, 2.05) is 49.1 Å². The zero-order chi connectivity index (χ0) is 23.6. The molecule has 2 saturated heterocycles. The molecule has 0 aliphatic carbocycles. The molecule has 1 aromatic carbocycles. The number of benzene rings is 1. The topological polar surface area (TPSA) is 108 Å². The van der Waals surface area contributed by atoms with Crippen LogP contribution in [-0.2, 0) is 19.7 Å². The first-order chi connectivity index (χ1) is 15.7. The number of nitrogens with zero attached hydrogens (tertiary/aromatic N) is 4. The second kappa shape index (κ2) is 9.90. The van der Waals surface area contributed by atoms with Crippen molar-refractivity contribution in [3.8, 4) is 0 Å². The Bertz CT molecular complexity index is 1040. The SMILES string of the molecule is Cc1cc(NC(=O)[C@H](c2ccccc2)N2CCN(S(=O)(=O)N3C[C@@H](C)O[C@@H](C)C3)CC2)no1. The highest BCUT2D eigenvalue weighted by molar-refractivity contribution is 7.86. The van der Waals surface area contributed by atoms with Gasteiger partial charge >= 0.3 is 0 Å². The van der Waals surface area contributed by atoms with E-state index in [9.17, 15) is 13.2 Å². The third kappa shape index (κ3) is 5.44. The largest absolute Gasteiger partial charge is 0.373 e. The van der Waals surface area contributed by atoms with Crippen LogP contribution in [0.25, 0.3) is 0 Å². The fourth-order valence-corrected chi connectivity index (χ4v) is 6.21. The second-order valence-corrected chi connectivity index (χ2v) is 10.6. The van der Waals surface area contributed by atoms with Crippen LogP contribution in [0.1, 0.15) is 31.2 Å². The van der Waals surface area contributed by atoms with Crippen LogP contribution in [0.3, 0.4) is 0 Å². The van der Waals surface area contributed by atoms with Crippen molar-refractivity contribution in [3.63, 3.8) is 0 Å². The summed E-state index contributed by atoms with van der Waals surface area (Å²) in [5, 5.41) is 6.68. The number of anilines is 1. The van der Waals surface area contributed by atoms with Crippen molar-refractivity contribution in [2.45, 2.75) is 39.0 Å². The highest BCUT2D eigenvalue weighted by Crippen LogP contribution is 2.26. The molecule has 4 rings (SSSR count). The number of piperazine rings is 1. The Balaban J connectivity index is 1.47. The van der Waals surface area contributed by atoms with Crippen LogP contribution in [0, 0.1) is 6.92 Å². The van der Waals surface area contributed by atoms with Crippen molar-refractivity contribution in [3.05, 3.63) is 47.7 Å². The van der Waals surface area contributed by atoms with Gasteiger partial charge in [0.2, 0.25) is 5.91 Å². The normalized spacial score (nSPS) is 24.5. The third-order valence-corrected chi connectivity index (χ3v) is 7.89. The van der Waals surface area contributed by atoms with Crippen molar-refractivity contribution in [2.75, 3.05) is 44.6 Å². The van der Waals surface area contributed by atoms with Crippen LogP contribution in [0.2, 0.25) is 0 Å². The Labute approximate surface area is 194 Å². The van der Waals surface area contributed by atoms with E-state index in [4.69, 9.17) is 9.26 Å². The van der Waals surface area contributed by atoms with Crippen molar-refractivity contribution in [2.24, 2.45) is 0 Å². The van der Waals surface area contributed by atoms with E-state index in [1.54, 1.807) is 13.0 Å². The number of rotatable bonds is 6. The number of morpholine rings is 1.